The van der Waals surface area contributed by atoms with Crippen LogP contribution in [-0.2, 0) is 93.0 Å². The zero-order valence-corrected chi connectivity index (χ0v) is 69.0. The number of nitrogens with one attached hydrogen (secondary N) is 11. The first-order valence-corrected chi connectivity index (χ1v) is 43.4. The molecule has 116 heavy (non-hydrogen) atoms. The van der Waals surface area contributed by atoms with Crippen LogP contribution in [-0.4, -0.2) is 241 Å². The number of amides is 14. The molecular formula is C79H124N14O21S2. The van der Waals surface area contributed by atoms with E-state index in [0.717, 1.165) is 61.0 Å². The summed E-state index contributed by atoms with van der Waals surface area (Å²) in [6, 6.07) is -11.3. The summed E-state index contributed by atoms with van der Waals surface area (Å²) in [5.74, 6) is -18.9. The minimum atomic E-state index is -1.99. The molecule has 17 N–H and O–H groups in total. The lowest BCUT2D eigenvalue weighted by Crippen LogP contribution is -2.61. The molecule has 0 aromatic heterocycles. The number of carbonyl (C=O) groups is 17. The Hall–Kier alpha value is -9.13. The number of primary amides is 1. The summed E-state index contributed by atoms with van der Waals surface area (Å²) < 4.78 is 0. The van der Waals surface area contributed by atoms with Crippen LogP contribution in [0.2, 0.25) is 0 Å². The average molecular weight is 1670 g/mol. The van der Waals surface area contributed by atoms with Crippen molar-refractivity contribution in [1.29, 1.82) is 0 Å². The Morgan fingerprint density at radius 3 is 1.36 bits per heavy atom. The summed E-state index contributed by atoms with van der Waals surface area (Å²) in [5.41, 5.74) is 6.91. The number of fused-ring (bicyclic) bond motifs is 8. The van der Waals surface area contributed by atoms with Crippen molar-refractivity contribution in [2.24, 2.45) is 11.7 Å². The van der Waals surface area contributed by atoms with Crippen LogP contribution in [0, 0.1) is 5.92 Å². The topological polar surface area (TPSA) is 536 Å². The van der Waals surface area contributed by atoms with Gasteiger partial charge in [0.15, 0.2) is 0 Å². The Kier molecular flexibility index (Phi) is 44.1. The van der Waals surface area contributed by atoms with Crippen LogP contribution in [0.5, 0.6) is 0 Å². The van der Waals surface area contributed by atoms with Gasteiger partial charge in [0.2, 0.25) is 82.7 Å². The second-order valence-electron chi connectivity index (χ2n) is 30.8. The van der Waals surface area contributed by atoms with E-state index in [1.54, 1.807) is 38.1 Å². The van der Waals surface area contributed by atoms with Gasteiger partial charge in [-0.2, -0.15) is 23.5 Å². The molecule has 35 nitrogen and oxygen atoms in total. The van der Waals surface area contributed by atoms with Crippen LogP contribution in [0.15, 0.2) is 24.3 Å². The zero-order valence-electron chi connectivity index (χ0n) is 67.4. The molecule has 0 saturated carbocycles. The molecule has 648 valence electrons. The lowest BCUT2D eigenvalue weighted by Gasteiger charge is -2.32. The van der Waals surface area contributed by atoms with Gasteiger partial charge >= 0.3 is 17.9 Å². The third-order valence-electron chi connectivity index (χ3n) is 20.7. The summed E-state index contributed by atoms with van der Waals surface area (Å²) in [4.78, 5) is 240. The van der Waals surface area contributed by atoms with E-state index in [9.17, 15) is 78.0 Å². The van der Waals surface area contributed by atoms with Crippen LogP contribution in [0.25, 0.3) is 0 Å². The summed E-state index contributed by atoms with van der Waals surface area (Å²) in [6.45, 7) is 5.80. The average Bonchev–Trinajstić information content (AvgIpc) is 1.67. The van der Waals surface area contributed by atoms with Crippen LogP contribution < -0.4 is 64.2 Å². The Labute approximate surface area is 686 Å². The van der Waals surface area contributed by atoms with Crippen molar-refractivity contribution in [2.75, 3.05) is 37.7 Å². The summed E-state index contributed by atoms with van der Waals surface area (Å²) in [7, 11) is 0. The fraction of sp³-hybridized carbons (Fsp3) is 0.709. The Balaban J connectivity index is 1.58. The molecule has 1 aromatic carbocycles. The molecule has 14 amide bonds. The second kappa shape index (κ2) is 52.5. The number of carbonyl (C=O) groups excluding carboxylic acids is 14. The van der Waals surface area contributed by atoms with Crippen LogP contribution in [0.3, 0.4) is 0 Å². The van der Waals surface area contributed by atoms with Gasteiger partial charge in [0.05, 0.1) is 19.1 Å². The first kappa shape index (κ1) is 97.4. The van der Waals surface area contributed by atoms with Crippen molar-refractivity contribution >= 4 is 124 Å². The molecule has 1 aromatic rings. The smallest absolute Gasteiger partial charge is 0.305 e. The zero-order chi connectivity index (χ0) is 85.2. The highest BCUT2D eigenvalue weighted by Crippen LogP contribution is 2.27. The summed E-state index contributed by atoms with van der Waals surface area (Å²) in [6.07, 6.45) is 11.9. The predicted octanol–water partition coefficient (Wildman–Crippen LogP) is 2.09. The summed E-state index contributed by atoms with van der Waals surface area (Å²) >= 11 is 2.17. The highest BCUT2D eigenvalue weighted by Gasteiger charge is 2.44. The quantitative estimate of drug-likeness (QED) is 0.0433. The Morgan fingerprint density at radius 2 is 0.897 bits per heavy atom. The molecule has 2 fully saturated rings. The van der Waals surface area contributed by atoms with E-state index in [0.29, 0.717) is 30.4 Å². The molecule has 12 atom stereocenters. The lowest BCUT2D eigenvalue weighted by molar-refractivity contribution is -0.146. The number of nitrogens with two attached hydrogens (primary N) is 1. The van der Waals surface area contributed by atoms with Gasteiger partial charge in [-0.15, -0.1) is 0 Å². The minimum absolute atomic E-state index is 0.00883. The number of hydrogen-bond donors (Lipinski definition) is 16. The third-order valence-corrected chi connectivity index (χ3v) is 22.9. The van der Waals surface area contributed by atoms with Crippen molar-refractivity contribution in [3.05, 3.63) is 35.4 Å². The second-order valence-corrected chi connectivity index (χ2v) is 32.9. The molecule has 2 bridgehead atoms. The maximum atomic E-state index is 15.1. The number of carboxylic acids is 3. The monoisotopic (exact) mass is 1670 g/mol. The van der Waals surface area contributed by atoms with Crippen molar-refractivity contribution in [2.45, 2.75) is 311 Å². The van der Waals surface area contributed by atoms with Crippen molar-refractivity contribution in [3.63, 3.8) is 0 Å². The Bertz CT molecular complexity index is 3500. The minimum Gasteiger partial charge on any atom is -0.481 e. The Morgan fingerprint density at radius 1 is 0.474 bits per heavy atom. The first-order valence-electron chi connectivity index (χ1n) is 41.1. The maximum absolute atomic E-state index is 15.1. The van der Waals surface area contributed by atoms with Crippen LogP contribution in [0.4, 0.5) is 0 Å². The van der Waals surface area contributed by atoms with E-state index in [4.69, 9.17) is 5.73 Å². The standard InChI is InChI=1S/C79H124N14O21S2/c1-5-6-7-8-9-10-11-12-13-14-15-16-17-18-19-31-63(96)81-38-23-22-28-52-69(104)84-54(32-35-62(80)95)71(106)90-59-47-116-45-51-27-21-20-26-50(51)44-115-46-58(73(108)87-56(41-48(2)3)78(113)92-39-24-29-60(92)75(110)85-52)89-70(105)53(33-36-65(98)99)83-64(97)43-82-77(112)68(49(4)94)91-72(107)55(34-37-66(100)101)86-76(111)61-30-25-40-93(61)79(114)57(42-67(102)103)88-74(59)109/h20-21,26-27,48-49,52-61,68,94H,5-19,22-25,28-47H2,1-4H3,(H2,80,95)(H,81,96)(H,82,112)(H,83,97)(H,84,104)(H,85,110)(H,86,111)(H,87,108)(H,88,109)(H,89,105)(H,90,106)(H,91,107)(H,98,99)(H,100,101)(H,102,103)/t49-,52+,53+,54+,55+,56+,57+,58+,59?,60-,61+,68+/m1/s1. The fourth-order valence-corrected chi connectivity index (χ4v) is 16.5. The number of aliphatic carboxylic acids is 3. The third kappa shape index (κ3) is 35.4. The number of rotatable bonds is 35. The van der Waals surface area contributed by atoms with Crippen molar-refractivity contribution in [1.82, 2.24) is 68.3 Å². The van der Waals surface area contributed by atoms with Crippen LogP contribution in [0.1, 0.15) is 238 Å². The number of benzene rings is 1. The van der Waals surface area contributed by atoms with E-state index in [1.807, 2.05) is 0 Å². The maximum Gasteiger partial charge on any atom is 0.305 e. The number of aliphatic hydroxyl groups is 1. The highest BCUT2D eigenvalue weighted by atomic mass is 32.2. The van der Waals surface area contributed by atoms with Gasteiger partial charge in [-0.3, -0.25) is 81.5 Å². The van der Waals surface area contributed by atoms with Crippen molar-refractivity contribution < 1.29 is 102 Å². The number of hydrogen-bond acceptors (Lipinski definition) is 20. The van der Waals surface area contributed by atoms with E-state index in [-0.39, 0.29) is 99.4 Å². The largest absolute Gasteiger partial charge is 0.481 e. The number of thioether (sulfide) groups is 2. The van der Waals surface area contributed by atoms with Gasteiger partial charge in [0.1, 0.15) is 66.5 Å². The fourth-order valence-electron chi connectivity index (χ4n) is 14.3. The lowest BCUT2D eigenvalue weighted by atomic mass is 10.0. The van der Waals surface area contributed by atoms with E-state index in [1.165, 1.54) is 69.1 Å². The number of unbranched alkanes of at least 4 members (excludes halogenated alkanes) is 15. The van der Waals surface area contributed by atoms with Gasteiger partial charge < -0.3 is 94.4 Å². The summed E-state index contributed by atoms with van der Waals surface area (Å²) in [5, 5.41) is 68.7. The molecule has 37 heteroatoms. The molecular weight excluding hydrogens is 1550 g/mol. The van der Waals surface area contributed by atoms with Crippen molar-refractivity contribution in [3.8, 4) is 0 Å². The predicted molar refractivity (Wildman–Crippen MR) is 431 cm³/mol. The van der Waals surface area contributed by atoms with E-state index in [2.05, 4.69) is 65.4 Å². The van der Waals surface area contributed by atoms with Gasteiger partial charge in [-0.05, 0) is 101 Å². The molecule has 1 unspecified atom stereocenters. The SMILES string of the molecule is CCCCCCCCCCCCCCCCCC(=O)NCCCC[C@@H]1NC(=O)[C@H]2CCCN2C(=O)[C@H](CC(C)C)NC(=O)[C@@H]2CSCc3ccccc3CSCC(NC(=O)[C@H](CCC(N)=O)NC1=O)C(=O)N[C@@H](CC(=O)O)C(=O)N1CCC[C@H]1C(=O)N[C@@H](CCC(=O)O)C(=O)N[C@@H]([C@@H](C)O)C(=O)NCC(=O)N[C@@H](CCC(=O)O)C(=O)N2. The number of carboxylic acid groups (broad SMARTS) is 3. The molecule has 2 saturated heterocycles. The van der Waals surface area contributed by atoms with Gasteiger partial charge in [0, 0.05) is 68.3 Å². The molecule has 0 aliphatic carbocycles. The number of aliphatic hydroxyl groups excluding tert-OH is 1. The van der Waals surface area contributed by atoms with Crippen LogP contribution >= 0.6 is 23.5 Å². The van der Waals surface area contributed by atoms with E-state index < -0.39 is 219 Å². The molecule has 0 spiro atoms. The molecule has 4 aliphatic heterocycles. The highest BCUT2D eigenvalue weighted by molar-refractivity contribution is 7.99. The van der Waals surface area contributed by atoms with Gasteiger partial charge in [-0.25, -0.2) is 0 Å². The van der Waals surface area contributed by atoms with Gasteiger partial charge in [-0.1, -0.05) is 135 Å². The normalized spacial score (nSPS) is 24.2. The molecule has 5 rings (SSSR count). The molecule has 4 aliphatic rings. The van der Waals surface area contributed by atoms with E-state index >= 15 is 24.0 Å². The first-order chi connectivity index (χ1) is 55.4. The molecule has 0 radical (unpaired) electrons. The van der Waals surface area contributed by atoms with Gasteiger partial charge in [0.25, 0.3) is 0 Å². The number of nitrogens with zero attached hydrogens (tertiary/aromatic N) is 2. The molecule has 4 heterocycles.